The van der Waals surface area contributed by atoms with E-state index in [-0.39, 0.29) is 0 Å². The molecule has 0 aliphatic heterocycles. The first-order valence-electron chi connectivity index (χ1n) is 23.5. The van der Waals surface area contributed by atoms with Crippen LogP contribution in [0.5, 0.6) is 0 Å². The summed E-state index contributed by atoms with van der Waals surface area (Å²) in [7, 11) is 0. The van der Waals surface area contributed by atoms with Gasteiger partial charge in [-0.3, -0.25) is 0 Å². The van der Waals surface area contributed by atoms with Crippen LogP contribution in [0.3, 0.4) is 0 Å². The van der Waals surface area contributed by atoms with E-state index in [0.717, 1.165) is 0 Å². The Hall–Kier alpha value is -7.02. The maximum Gasteiger partial charge on any atom is -0.00948 e. The zero-order valence-electron chi connectivity index (χ0n) is 41.2. The van der Waals surface area contributed by atoms with Crippen molar-refractivity contribution >= 4 is 58.4 Å². The van der Waals surface area contributed by atoms with Crippen molar-refractivity contribution in [3.63, 3.8) is 0 Å². The molecule has 0 bridgehead atoms. The van der Waals surface area contributed by atoms with Gasteiger partial charge in [0.1, 0.15) is 0 Å². The second kappa shape index (κ2) is 19.2. The van der Waals surface area contributed by atoms with Gasteiger partial charge in [0.2, 0.25) is 0 Å². The van der Waals surface area contributed by atoms with Crippen LogP contribution in [0.15, 0.2) is 133 Å². The second-order valence-electron chi connectivity index (χ2n) is 19.0. The van der Waals surface area contributed by atoms with Gasteiger partial charge in [0.15, 0.2) is 0 Å². The summed E-state index contributed by atoms with van der Waals surface area (Å²) in [5.41, 5.74) is 30.6. The molecule has 0 unspecified atom stereocenters. The minimum atomic E-state index is 1.17. The molecule has 0 fully saturated rings. The van der Waals surface area contributed by atoms with Crippen LogP contribution in [0.2, 0.25) is 0 Å². The third kappa shape index (κ3) is 9.95. The molecule has 0 aliphatic rings. The predicted octanol–water partition coefficient (Wildman–Crippen LogP) is 18.1. The molecule has 0 aliphatic carbocycles. The van der Waals surface area contributed by atoms with E-state index in [1.165, 1.54) is 144 Å². The molecule has 8 rings (SSSR count). The predicted molar refractivity (Wildman–Crippen MR) is 291 cm³/mol. The van der Waals surface area contributed by atoms with Gasteiger partial charge in [0.25, 0.3) is 0 Å². The van der Waals surface area contributed by atoms with E-state index in [0.29, 0.717) is 0 Å². The highest BCUT2D eigenvalue weighted by atomic mass is 14.2. The Labute approximate surface area is 395 Å². The molecule has 8 aromatic rings. The van der Waals surface area contributed by atoms with Gasteiger partial charge in [0.05, 0.1) is 0 Å². The zero-order chi connectivity index (χ0) is 46.8. The Morgan fingerprint density at radius 1 is 0.288 bits per heavy atom. The van der Waals surface area contributed by atoms with E-state index in [4.69, 9.17) is 0 Å². The molecule has 0 amide bonds. The minimum Gasteiger partial charge on any atom is -0.0616 e. The van der Waals surface area contributed by atoms with Gasteiger partial charge in [-0.15, -0.1) is 0 Å². The van der Waals surface area contributed by atoms with Crippen molar-refractivity contribution in [2.45, 2.75) is 83.1 Å². The lowest BCUT2D eigenvalue weighted by Crippen LogP contribution is -2.01. The molecular weight excluding hydrogens is 793 g/mol. The van der Waals surface area contributed by atoms with E-state index in [9.17, 15) is 0 Å². The fraction of sp³-hybridized carbons (Fsp3) is 0.182. The molecule has 8 aromatic carbocycles. The number of hydrogen-bond acceptors (Lipinski definition) is 0. The fourth-order valence-electron chi connectivity index (χ4n) is 10.7. The van der Waals surface area contributed by atoms with Gasteiger partial charge in [0, 0.05) is 0 Å². The third-order valence-electron chi connectivity index (χ3n) is 13.1. The van der Waals surface area contributed by atoms with Crippen LogP contribution in [-0.4, -0.2) is 0 Å². The Kier molecular flexibility index (Phi) is 13.3. The first-order valence-corrected chi connectivity index (χ1v) is 23.5. The Bertz CT molecular complexity index is 3050. The molecule has 0 heteroatoms. The molecule has 0 aromatic heterocycles. The van der Waals surface area contributed by atoms with Crippen molar-refractivity contribution < 1.29 is 0 Å². The maximum atomic E-state index is 2.38. The van der Waals surface area contributed by atoms with Gasteiger partial charge in [-0.1, -0.05) is 168 Å². The number of benzene rings is 8. The molecule has 66 heavy (non-hydrogen) atoms. The highest BCUT2D eigenvalue weighted by Gasteiger charge is 2.18. The van der Waals surface area contributed by atoms with E-state index in [1.54, 1.807) is 0 Å². The standard InChI is InChI=1S/C66H64/c1-41-29-45(5)63(46(6)30-41)61(64-47(7)31-42(2)32-48(64)8)39-55-22-17-53(18-23-55)21-26-57-37-58-15-13-14-16-60(58)59(38-57)28-27-54-19-24-56(25-20-54)40-62(65-49(9)33-43(3)34-50(65)10)66-51(11)35-44(4)36-52(66)12/h13-40H,1-12H3/b26-21-,28-27-. The number of hydrogen-bond donors (Lipinski definition) is 0. The third-order valence-corrected chi connectivity index (χ3v) is 13.1. The maximum absolute atomic E-state index is 2.38. The zero-order valence-corrected chi connectivity index (χ0v) is 41.2. The van der Waals surface area contributed by atoms with Gasteiger partial charge in [-0.2, -0.15) is 0 Å². The van der Waals surface area contributed by atoms with E-state index < -0.39 is 0 Å². The van der Waals surface area contributed by atoms with Crippen molar-refractivity contribution in [1.82, 2.24) is 0 Å². The van der Waals surface area contributed by atoms with Gasteiger partial charge in [-0.25, -0.2) is 0 Å². The quantitative estimate of drug-likeness (QED) is 0.120. The smallest absolute Gasteiger partial charge is 0.00948 e. The Morgan fingerprint density at radius 3 is 0.955 bits per heavy atom. The number of aryl methyl sites for hydroxylation is 12. The van der Waals surface area contributed by atoms with Crippen LogP contribution in [0.1, 0.15) is 122 Å². The molecule has 0 nitrogen and oxygen atoms in total. The second-order valence-corrected chi connectivity index (χ2v) is 19.0. The van der Waals surface area contributed by atoms with E-state index in [2.05, 4.69) is 253 Å². The lowest BCUT2D eigenvalue weighted by atomic mass is 9.84. The summed E-state index contributed by atoms with van der Waals surface area (Å²) >= 11 is 0. The van der Waals surface area contributed by atoms with Crippen molar-refractivity contribution in [2.24, 2.45) is 0 Å². The minimum absolute atomic E-state index is 1.17. The summed E-state index contributed by atoms with van der Waals surface area (Å²) in [5, 5.41) is 2.47. The normalized spacial score (nSPS) is 11.5. The molecule has 0 N–H and O–H groups in total. The van der Waals surface area contributed by atoms with Crippen molar-refractivity contribution in [1.29, 1.82) is 0 Å². The molecule has 0 radical (unpaired) electrons. The highest BCUT2D eigenvalue weighted by molar-refractivity contribution is 5.98. The molecule has 0 atom stereocenters. The highest BCUT2D eigenvalue weighted by Crippen LogP contribution is 2.38. The molecule has 0 saturated carbocycles. The van der Waals surface area contributed by atoms with Crippen LogP contribution in [0.25, 0.3) is 58.4 Å². The first-order chi connectivity index (χ1) is 31.6. The van der Waals surface area contributed by atoms with E-state index in [1.807, 2.05) is 0 Å². The van der Waals surface area contributed by atoms with Gasteiger partial charge >= 0.3 is 0 Å². The monoisotopic (exact) mass is 857 g/mol. The average Bonchev–Trinajstić information content (AvgIpc) is 3.24. The molecule has 0 heterocycles. The van der Waals surface area contributed by atoms with Crippen molar-refractivity contribution in [3.05, 3.63) is 256 Å². The fourth-order valence-corrected chi connectivity index (χ4v) is 10.7. The van der Waals surface area contributed by atoms with Crippen molar-refractivity contribution in [3.8, 4) is 0 Å². The van der Waals surface area contributed by atoms with Crippen LogP contribution >= 0.6 is 0 Å². The molecule has 0 spiro atoms. The Morgan fingerprint density at radius 2 is 0.591 bits per heavy atom. The summed E-state index contributed by atoms with van der Waals surface area (Å²) in [6.07, 6.45) is 13.7. The SMILES string of the molecule is Cc1cc(C)c(C(=Cc2ccc(/C=C\c3cc(/C=C\c4ccc(C=C(c5c(C)cc(C)cc5C)c5c(C)cc(C)cc5C)cc4)c4ccccc4c3)cc2)c2c(C)cc(C)cc2C)c(C)c1. The largest absolute Gasteiger partial charge is 0.0616 e. The topological polar surface area (TPSA) is 0 Å². The Balaban J connectivity index is 1.08. The average molecular weight is 857 g/mol. The molecule has 328 valence electrons. The number of fused-ring (bicyclic) bond motifs is 1. The summed E-state index contributed by atoms with van der Waals surface area (Å²) in [5.74, 6) is 0. The van der Waals surface area contributed by atoms with Crippen LogP contribution in [0, 0.1) is 83.1 Å². The van der Waals surface area contributed by atoms with E-state index >= 15 is 0 Å². The van der Waals surface area contributed by atoms with Crippen LogP contribution in [-0.2, 0) is 0 Å². The molecule has 0 saturated heterocycles. The van der Waals surface area contributed by atoms with Gasteiger partial charge in [-0.05, 0) is 229 Å². The number of rotatable bonds is 10. The summed E-state index contributed by atoms with van der Waals surface area (Å²) in [6, 6.07) is 49.7. The summed E-state index contributed by atoms with van der Waals surface area (Å²) in [6.45, 7) is 26.7. The van der Waals surface area contributed by atoms with Gasteiger partial charge < -0.3 is 0 Å². The van der Waals surface area contributed by atoms with Crippen LogP contribution in [0.4, 0.5) is 0 Å². The summed E-state index contributed by atoms with van der Waals surface area (Å²) < 4.78 is 0. The lowest BCUT2D eigenvalue weighted by molar-refractivity contribution is 1.25. The van der Waals surface area contributed by atoms with Crippen molar-refractivity contribution in [2.75, 3.05) is 0 Å². The van der Waals surface area contributed by atoms with Crippen LogP contribution < -0.4 is 0 Å². The lowest BCUT2D eigenvalue weighted by Gasteiger charge is -2.20. The summed E-state index contributed by atoms with van der Waals surface area (Å²) in [4.78, 5) is 0. The molecular formula is C66H64. The first kappa shape index (κ1) is 45.5.